The number of hydrogen-bond acceptors (Lipinski definition) is 5. The molecular formula is C18H19FN4O3. The molecule has 3 rings (SSSR count). The number of nitrogens with one attached hydrogen (secondary N) is 1. The van der Waals surface area contributed by atoms with Crippen LogP contribution in [0.5, 0.6) is 5.75 Å². The van der Waals surface area contributed by atoms with E-state index in [4.69, 9.17) is 10.5 Å². The van der Waals surface area contributed by atoms with E-state index >= 15 is 0 Å². The molecule has 136 valence electrons. The van der Waals surface area contributed by atoms with Gasteiger partial charge in [-0.25, -0.2) is 4.39 Å². The van der Waals surface area contributed by atoms with Gasteiger partial charge in [0.2, 0.25) is 0 Å². The van der Waals surface area contributed by atoms with Gasteiger partial charge in [0.15, 0.2) is 6.73 Å². The predicted octanol–water partition coefficient (Wildman–Crippen LogP) is 2.15. The maximum atomic E-state index is 14.0. The Balaban J connectivity index is 1.99. The monoisotopic (exact) mass is 358 g/mol. The molecule has 0 saturated heterocycles. The molecule has 0 aromatic heterocycles. The molecule has 7 nitrogen and oxygen atoms in total. The number of halogens is 1. The second kappa shape index (κ2) is 6.55. The van der Waals surface area contributed by atoms with E-state index in [9.17, 15) is 14.0 Å². The summed E-state index contributed by atoms with van der Waals surface area (Å²) < 4.78 is 19.6. The lowest BCUT2D eigenvalue weighted by Gasteiger charge is -2.29. The molecule has 1 aliphatic rings. The van der Waals surface area contributed by atoms with Crippen LogP contribution in [0.1, 0.15) is 20.7 Å². The molecule has 0 saturated carbocycles. The van der Waals surface area contributed by atoms with Crippen molar-refractivity contribution in [1.29, 1.82) is 0 Å². The first kappa shape index (κ1) is 17.5. The Morgan fingerprint density at radius 1 is 1.31 bits per heavy atom. The molecule has 0 atom stereocenters. The van der Waals surface area contributed by atoms with E-state index in [0.717, 1.165) is 6.07 Å². The van der Waals surface area contributed by atoms with Gasteiger partial charge >= 0.3 is 0 Å². The van der Waals surface area contributed by atoms with Crippen molar-refractivity contribution in [2.24, 2.45) is 0 Å². The van der Waals surface area contributed by atoms with Gasteiger partial charge in [-0.05, 0) is 24.3 Å². The van der Waals surface area contributed by atoms with Crippen LogP contribution in [0.15, 0.2) is 30.3 Å². The van der Waals surface area contributed by atoms with Crippen LogP contribution in [0.25, 0.3) is 0 Å². The van der Waals surface area contributed by atoms with Gasteiger partial charge in [0, 0.05) is 38.6 Å². The lowest BCUT2D eigenvalue weighted by Crippen LogP contribution is -2.39. The first-order valence-corrected chi connectivity index (χ1v) is 7.90. The van der Waals surface area contributed by atoms with Crippen molar-refractivity contribution in [3.05, 3.63) is 47.3 Å². The van der Waals surface area contributed by atoms with Crippen LogP contribution in [0.2, 0.25) is 0 Å². The fraction of sp³-hybridized carbons (Fsp3) is 0.222. The number of amides is 2. The van der Waals surface area contributed by atoms with Crippen molar-refractivity contribution in [2.45, 2.75) is 0 Å². The normalized spacial score (nSPS) is 13.1. The number of hydrogen-bond donors (Lipinski definition) is 2. The minimum atomic E-state index is -0.550. The maximum absolute atomic E-state index is 14.0. The van der Waals surface area contributed by atoms with Crippen LogP contribution >= 0.6 is 0 Å². The standard InChI is InChI=1S/C18H19FN4O3/c1-21-15-8-16-12(7-13(15)19)18(25)23(9-26-16)10-4-5-14(20)11(6-10)17(24)22(2)3/h4-8,21H,9,20H2,1-3H3. The third-order valence-electron chi connectivity index (χ3n) is 4.15. The van der Waals surface area contributed by atoms with Crippen molar-refractivity contribution in [2.75, 3.05) is 43.8 Å². The molecule has 1 heterocycles. The number of nitrogen functional groups attached to an aromatic ring is 1. The molecule has 2 amide bonds. The number of ether oxygens (including phenoxy) is 1. The molecule has 0 spiro atoms. The Morgan fingerprint density at radius 3 is 2.69 bits per heavy atom. The van der Waals surface area contributed by atoms with Gasteiger partial charge in [0.1, 0.15) is 11.6 Å². The van der Waals surface area contributed by atoms with Gasteiger partial charge < -0.3 is 20.7 Å². The van der Waals surface area contributed by atoms with Gasteiger partial charge in [-0.2, -0.15) is 0 Å². The average Bonchev–Trinajstić information content (AvgIpc) is 2.62. The van der Waals surface area contributed by atoms with Gasteiger partial charge in [-0.3, -0.25) is 14.5 Å². The molecule has 0 bridgehead atoms. The van der Waals surface area contributed by atoms with Gasteiger partial charge in [-0.1, -0.05) is 0 Å². The van der Waals surface area contributed by atoms with Crippen molar-refractivity contribution in [3.8, 4) is 5.75 Å². The zero-order chi connectivity index (χ0) is 19.0. The number of carbonyl (C=O) groups excluding carboxylic acids is 2. The number of fused-ring (bicyclic) bond motifs is 1. The van der Waals surface area contributed by atoms with E-state index < -0.39 is 11.7 Å². The second-order valence-electron chi connectivity index (χ2n) is 6.06. The smallest absolute Gasteiger partial charge is 0.264 e. The Kier molecular flexibility index (Phi) is 4.41. The number of carbonyl (C=O) groups is 2. The molecule has 2 aromatic rings. The highest BCUT2D eigenvalue weighted by Gasteiger charge is 2.29. The number of rotatable bonds is 3. The lowest BCUT2D eigenvalue weighted by molar-refractivity contribution is 0.0827. The van der Waals surface area contributed by atoms with Crippen molar-refractivity contribution >= 4 is 28.9 Å². The van der Waals surface area contributed by atoms with E-state index in [1.165, 1.54) is 21.9 Å². The molecule has 26 heavy (non-hydrogen) atoms. The summed E-state index contributed by atoms with van der Waals surface area (Å²) in [7, 11) is 4.81. The van der Waals surface area contributed by atoms with Crippen LogP contribution in [0.4, 0.5) is 21.5 Å². The summed E-state index contributed by atoms with van der Waals surface area (Å²) in [5.74, 6) is -0.941. The Morgan fingerprint density at radius 2 is 2.04 bits per heavy atom. The van der Waals surface area contributed by atoms with Crippen LogP contribution in [0, 0.1) is 5.82 Å². The van der Waals surface area contributed by atoms with E-state index in [0.29, 0.717) is 17.1 Å². The molecule has 0 radical (unpaired) electrons. The highest BCUT2D eigenvalue weighted by atomic mass is 19.1. The van der Waals surface area contributed by atoms with E-state index in [1.54, 1.807) is 33.3 Å². The van der Waals surface area contributed by atoms with Gasteiger partial charge in [0.05, 0.1) is 16.8 Å². The first-order valence-electron chi connectivity index (χ1n) is 7.90. The summed E-state index contributed by atoms with van der Waals surface area (Å²) in [6.07, 6.45) is 0. The summed E-state index contributed by atoms with van der Waals surface area (Å²) >= 11 is 0. The molecule has 8 heteroatoms. The van der Waals surface area contributed by atoms with Crippen LogP contribution in [-0.4, -0.2) is 44.6 Å². The van der Waals surface area contributed by atoms with E-state index in [1.807, 2.05) is 0 Å². The van der Waals surface area contributed by atoms with Crippen LogP contribution < -0.4 is 20.7 Å². The SMILES string of the molecule is CNc1cc2c(cc1F)C(=O)N(c1ccc(N)c(C(=O)N(C)C)c1)CO2. The number of benzene rings is 2. The van der Waals surface area contributed by atoms with Crippen molar-refractivity contribution in [3.63, 3.8) is 0 Å². The summed E-state index contributed by atoms with van der Waals surface area (Å²) in [5, 5.41) is 2.70. The van der Waals surface area contributed by atoms with E-state index in [-0.39, 0.29) is 29.5 Å². The summed E-state index contributed by atoms with van der Waals surface area (Å²) in [4.78, 5) is 27.8. The molecule has 1 aliphatic heterocycles. The second-order valence-corrected chi connectivity index (χ2v) is 6.06. The van der Waals surface area contributed by atoms with Gasteiger partial charge in [0.25, 0.3) is 11.8 Å². The maximum Gasteiger partial charge on any atom is 0.264 e. The highest BCUT2D eigenvalue weighted by Crippen LogP contribution is 2.33. The Bertz CT molecular complexity index is 898. The lowest BCUT2D eigenvalue weighted by atomic mass is 10.1. The Labute approximate surface area is 150 Å². The van der Waals surface area contributed by atoms with Crippen LogP contribution in [0.3, 0.4) is 0 Å². The third-order valence-corrected chi connectivity index (χ3v) is 4.15. The van der Waals surface area contributed by atoms with Gasteiger partial charge in [-0.15, -0.1) is 0 Å². The highest BCUT2D eigenvalue weighted by molar-refractivity contribution is 6.10. The molecule has 0 unspecified atom stereocenters. The molecular weight excluding hydrogens is 339 g/mol. The summed E-state index contributed by atoms with van der Waals surface area (Å²) in [5.41, 5.74) is 7.28. The Hall–Kier alpha value is -3.29. The minimum absolute atomic E-state index is 0.0554. The number of nitrogens with zero attached hydrogens (tertiary/aromatic N) is 2. The molecule has 2 aromatic carbocycles. The fourth-order valence-electron chi connectivity index (χ4n) is 2.70. The average molecular weight is 358 g/mol. The minimum Gasteiger partial charge on any atom is -0.472 e. The number of nitrogens with two attached hydrogens (primary N) is 1. The largest absolute Gasteiger partial charge is 0.472 e. The molecule has 3 N–H and O–H groups in total. The molecule has 0 fully saturated rings. The zero-order valence-electron chi connectivity index (χ0n) is 14.7. The van der Waals surface area contributed by atoms with Crippen LogP contribution in [-0.2, 0) is 0 Å². The van der Waals surface area contributed by atoms with Crippen molar-refractivity contribution in [1.82, 2.24) is 4.90 Å². The van der Waals surface area contributed by atoms with E-state index in [2.05, 4.69) is 5.32 Å². The third kappa shape index (κ3) is 2.90. The predicted molar refractivity (Wildman–Crippen MR) is 97.1 cm³/mol. The first-order chi connectivity index (χ1) is 12.3. The van der Waals surface area contributed by atoms with Crippen molar-refractivity contribution < 1.29 is 18.7 Å². The zero-order valence-corrected chi connectivity index (χ0v) is 14.7. The molecule has 0 aliphatic carbocycles. The fourth-order valence-corrected chi connectivity index (χ4v) is 2.70. The summed E-state index contributed by atoms with van der Waals surface area (Å²) in [6, 6.07) is 7.29. The quantitative estimate of drug-likeness (QED) is 0.821. The topological polar surface area (TPSA) is 87.9 Å². The number of anilines is 3. The summed E-state index contributed by atoms with van der Waals surface area (Å²) in [6.45, 7) is -0.0554.